The molecule has 0 radical (unpaired) electrons. The molecule has 3 rings (SSSR count). The van der Waals surface area contributed by atoms with Gasteiger partial charge in [0.15, 0.2) is 5.96 Å². The van der Waals surface area contributed by atoms with E-state index in [-0.39, 0.29) is 24.0 Å². The van der Waals surface area contributed by atoms with Crippen molar-refractivity contribution in [2.24, 2.45) is 10.9 Å². The molecule has 8 nitrogen and oxygen atoms in total. The molecule has 0 bridgehead atoms. The van der Waals surface area contributed by atoms with Gasteiger partial charge in [-0.25, -0.2) is 4.98 Å². The van der Waals surface area contributed by atoms with Gasteiger partial charge in [-0.2, -0.15) is 0 Å². The summed E-state index contributed by atoms with van der Waals surface area (Å²) in [6.45, 7) is 14.2. The second-order valence-electron chi connectivity index (χ2n) is 8.91. The van der Waals surface area contributed by atoms with Crippen LogP contribution < -0.4 is 15.5 Å². The summed E-state index contributed by atoms with van der Waals surface area (Å²) in [5.41, 5.74) is 1.16. The monoisotopic (exact) mass is 573 g/mol. The zero-order valence-corrected chi connectivity index (χ0v) is 23.3. The first-order valence-electron chi connectivity index (χ1n) is 12.3. The summed E-state index contributed by atoms with van der Waals surface area (Å²) >= 11 is 0. The predicted octanol–water partition coefficient (Wildman–Crippen LogP) is 2.25. The summed E-state index contributed by atoms with van der Waals surface area (Å²) in [6.07, 6.45) is 4.36. The molecule has 33 heavy (non-hydrogen) atoms. The molecule has 188 valence electrons. The quantitative estimate of drug-likeness (QED) is 0.267. The van der Waals surface area contributed by atoms with Crippen molar-refractivity contribution < 1.29 is 4.74 Å². The zero-order chi connectivity index (χ0) is 22.8. The van der Waals surface area contributed by atoms with Crippen LogP contribution in [0.3, 0.4) is 0 Å². The number of anilines is 1. The second kappa shape index (κ2) is 15.0. The van der Waals surface area contributed by atoms with Gasteiger partial charge in [0.2, 0.25) is 0 Å². The number of nitrogens with one attached hydrogen (secondary N) is 2. The van der Waals surface area contributed by atoms with Crippen LogP contribution in [0.4, 0.5) is 5.82 Å². The fourth-order valence-corrected chi connectivity index (χ4v) is 4.69. The van der Waals surface area contributed by atoms with Gasteiger partial charge >= 0.3 is 0 Å². The minimum absolute atomic E-state index is 0. The van der Waals surface area contributed by atoms with Crippen molar-refractivity contribution in [3.05, 3.63) is 23.9 Å². The number of ether oxygens (including phenoxy) is 1. The van der Waals surface area contributed by atoms with Crippen molar-refractivity contribution in [2.45, 2.75) is 39.3 Å². The molecule has 2 fully saturated rings. The van der Waals surface area contributed by atoms with Crippen LogP contribution in [-0.2, 0) is 11.3 Å². The first kappa shape index (κ1) is 28.1. The Bertz CT molecular complexity index is 685. The zero-order valence-electron chi connectivity index (χ0n) is 20.9. The molecule has 3 heterocycles. The van der Waals surface area contributed by atoms with Gasteiger partial charge < -0.3 is 25.2 Å². The van der Waals surface area contributed by atoms with Gasteiger partial charge in [-0.3, -0.25) is 9.89 Å². The minimum atomic E-state index is 0. The third kappa shape index (κ3) is 8.52. The Morgan fingerprint density at radius 2 is 1.76 bits per heavy atom. The van der Waals surface area contributed by atoms with Crippen molar-refractivity contribution in [1.82, 2.24) is 25.4 Å². The number of aliphatic imine (C=N–C) groups is 1. The Balaban J connectivity index is 0.00000385. The number of rotatable bonds is 9. The van der Waals surface area contributed by atoms with Crippen molar-refractivity contribution in [3.63, 3.8) is 0 Å². The van der Waals surface area contributed by atoms with E-state index < -0.39 is 0 Å². The first-order valence-corrected chi connectivity index (χ1v) is 12.3. The SMILES string of the molecule is CCC(CC)C(CNC(=NC)NCc1ccc(N2CCN(C)CC2)nc1)N1CCOCC1.I. The highest BCUT2D eigenvalue weighted by atomic mass is 127. The average molecular weight is 574 g/mol. The van der Waals surface area contributed by atoms with Gasteiger partial charge in [-0.1, -0.05) is 32.8 Å². The van der Waals surface area contributed by atoms with E-state index in [2.05, 4.69) is 63.4 Å². The molecule has 0 aromatic carbocycles. The molecule has 0 aliphatic carbocycles. The topological polar surface area (TPSA) is 68.3 Å². The highest BCUT2D eigenvalue weighted by molar-refractivity contribution is 14.0. The molecule has 9 heteroatoms. The molecular weight excluding hydrogens is 529 g/mol. The van der Waals surface area contributed by atoms with E-state index in [0.717, 1.165) is 76.4 Å². The van der Waals surface area contributed by atoms with Gasteiger partial charge in [0.05, 0.1) is 13.2 Å². The number of hydrogen-bond donors (Lipinski definition) is 2. The van der Waals surface area contributed by atoms with Gasteiger partial charge in [0, 0.05) is 71.6 Å². The van der Waals surface area contributed by atoms with Gasteiger partial charge in [-0.05, 0) is 24.6 Å². The Labute approximate surface area is 217 Å². The van der Waals surface area contributed by atoms with Crippen molar-refractivity contribution >= 4 is 35.8 Å². The van der Waals surface area contributed by atoms with Crippen LogP contribution in [0.2, 0.25) is 0 Å². The lowest BCUT2D eigenvalue weighted by Gasteiger charge is -2.39. The number of morpholine rings is 1. The predicted molar refractivity (Wildman–Crippen MR) is 148 cm³/mol. The standard InChI is InChI=1S/C24H43N7O.HI/c1-5-21(6-2)22(30-13-15-32-16-14-30)19-28-24(25-3)27-18-20-7-8-23(26-17-20)31-11-9-29(4)10-12-31;/h7-8,17,21-22H,5-6,9-16,18-19H2,1-4H3,(H2,25,27,28);1H. The third-order valence-electron chi connectivity index (χ3n) is 6.91. The van der Waals surface area contributed by atoms with Gasteiger partial charge in [0.25, 0.3) is 0 Å². The molecule has 1 aromatic heterocycles. The number of piperazine rings is 1. The number of aromatic nitrogens is 1. The lowest BCUT2D eigenvalue weighted by atomic mass is 9.92. The normalized spacial score (nSPS) is 19.3. The molecule has 2 saturated heterocycles. The summed E-state index contributed by atoms with van der Waals surface area (Å²) in [5, 5.41) is 7.04. The summed E-state index contributed by atoms with van der Waals surface area (Å²) in [7, 11) is 4.01. The lowest BCUT2D eigenvalue weighted by molar-refractivity contribution is 0.00272. The van der Waals surface area contributed by atoms with Crippen LogP contribution in [0.1, 0.15) is 32.3 Å². The summed E-state index contributed by atoms with van der Waals surface area (Å²) in [5.74, 6) is 2.59. The second-order valence-corrected chi connectivity index (χ2v) is 8.91. The van der Waals surface area contributed by atoms with Crippen LogP contribution in [0.5, 0.6) is 0 Å². The third-order valence-corrected chi connectivity index (χ3v) is 6.91. The maximum atomic E-state index is 5.57. The van der Waals surface area contributed by atoms with Crippen molar-refractivity contribution in [1.29, 1.82) is 0 Å². The lowest BCUT2D eigenvalue weighted by Crippen LogP contribution is -2.53. The van der Waals surface area contributed by atoms with E-state index >= 15 is 0 Å². The number of halogens is 1. The van der Waals surface area contributed by atoms with Crippen LogP contribution in [0.25, 0.3) is 0 Å². The smallest absolute Gasteiger partial charge is 0.191 e. The molecular formula is C24H44IN7O. The van der Waals surface area contributed by atoms with Gasteiger partial charge in [0.1, 0.15) is 5.82 Å². The molecule has 0 amide bonds. The highest BCUT2D eigenvalue weighted by Crippen LogP contribution is 2.19. The number of likely N-dealkylation sites (N-methyl/N-ethyl adjacent to an activating group) is 1. The maximum absolute atomic E-state index is 5.57. The molecule has 2 aliphatic rings. The Kier molecular flexibility index (Phi) is 12.7. The fraction of sp³-hybridized carbons (Fsp3) is 0.750. The molecule has 0 saturated carbocycles. The van der Waals surface area contributed by atoms with E-state index in [1.807, 2.05) is 13.2 Å². The van der Waals surface area contributed by atoms with E-state index in [1.54, 1.807) is 0 Å². The summed E-state index contributed by atoms with van der Waals surface area (Å²) in [4.78, 5) is 16.5. The maximum Gasteiger partial charge on any atom is 0.191 e. The van der Waals surface area contributed by atoms with E-state index in [9.17, 15) is 0 Å². The highest BCUT2D eigenvalue weighted by Gasteiger charge is 2.27. The van der Waals surface area contributed by atoms with E-state index in [4.69, 9.17) is 9.72 Å². The first-order chi connectivity index (χ1) is 15.6. The Morgan fingerprint density at radius 1 is 1.06 bits per heavy atom. The largest absolute Gasteiger partial charge is 0.379 e. The fourth-order valence-electron chi connectivity index (χ4n) is 4.69. The molecule has 0 spiro atoms. The molecule has 2 aliphatic heterocycles. The van der Waals surface area contributed by atoms with Gasteiger partial charge in [-0.15, -0.1) is 24.0 Å². The Hall–Kier alpha value is -1.17. The number of hydrogen-bond acceptors (Lipinski definition) is 6. The van der Waals surface area contributed by atoms with E-state index in [0.29, 0.717) is 18.5 Å². The van der Waals surface area contributed by atoms with Crippen LogP contribution in [0, 0.1) is 5.92 Å². The number of pyridine rings is 1. The van der Waals surface area contributed by atoms with Crippen molar-refractivity contribution in [2.75, 3.05) is 78.0 Å². The average Bonchev–Trinajstić information content (AvgIpc) is 2.85. The van der Waals surface area contributed by atoms with E-state index in [1.165, 1.54) is 12.8 Å². The molecule has 1 aromatic rings. The van der Waals surface area contributed by atoms with Crippen LogP contribution in [0.15, 0.2) is 23.3 Å². The molecule has 1 unspecified atom stereocenters. The van der Waals surface area contributed by atoms with Crippen LogP contribution >= 0.6 is 24.0 Å². The summed E-state index contributed by atoms with van der Waals surface area (Å²) in [6, 6.07) is 4.80. The number of nitrogens with zero attached hydrogens (tertiary/aromatic N) is 5. The summed E-state index contributed by atoms with van der Waals surface area (Å²) < 4.78 is 5.57. The minimum Gasteiger partial charge on any atom is -0.379 e. The van der Waals surface area contributed by atoms with Crippen LogP contribution in [-0.4, -0.2) is 99.9 Å². The molecule has 1 atom stereocenters. The van der Waals surface area contributed by atoms with Crippen molar-refractivity contribution in [3.8, 4) is 0 Å². The number of guanidine groups is 1. The molecule has 2 N–H and O–H groups in total. The Morgan fingerprint density at radius 3 is 2.33 bits per heavy atom.